The van der Waals surface area contributed by atoms with Gasteiger partial charge in [0.05, 0.1) is 38.7 Å². The van der Waals surface area contributed by atoms with Crippen LogP contribution in [0.4, 0.5) is 0 Å². The molecule has 8 aromatic carbocycles. The van der Waals surface area contributed by atoms with Crippen LogP contribution in [0.25, 0.3) is 106 Å². The van der Waals surface area contributed by atoms with Crippen molar-refractivity contribution in [3.8, 4) is 62.1 Å². The molecule has 11 rings (SSSR count). The van der Waals surface area contributed by atoms with E-state index in [0.717, 1.165) is 16.3 Å². The summed E-state index contributed by atoms with van der Waals surface area (Å²) in [5.74, 6) is 0.681. The van der Waals surface area contributed by atoms with Crippen LogP contribution in [0.1, 0.15) is 16.4 Å². The molecule has 0 fully saturated rings. The Balaban J connectivity index is 1.29. The van der Waals surface area contributed by atoms with E-state index in [0.29, 0.717) is 39.2 Å². The second-order valence-electron chi connectivity index (χ2n) is 13.1. The molecule has 0 spiro atoms. The van der Waals surface area contributed by atoms with Gasteiger partial charge in [-0.1, -0.05) is 151 Å². The zero-order chi connectivity index (χ0) is 47.4. The smallest absolute Gasteiger partial charge is 0.167 e. The van der Waals surface area contributed by atoms with Gasteiger partial charge in [-0.05, 0) is 64.6 Å². The second kappa shape index (κ2) is 13.0. The minimum absolute atomic E-state index is 0.130. The van der Waals surface area contributed by atoms with Crippen LogP contribution in [-0.2, 0) is 0 Å². The van der Waals surface area contributed by atoms with Gasteiger partial charge in [0.2, 0.25) is 0 Å². The minimum atomic E-state index is -0.706. The normalized spacial score (nSPS) is 14.6. The molecule has 3 aromatic heterocycles. The lowest BCUT2D eigenvalue weighted by Gasteiger charge is -2.16. The molecule has 3 heterocycles. The van der Waals surface area contributed by atoms with Crippen molar-refractivity contribution in [1.29, 1.82) is 0 Å². The highest BCUT2D eigenvalue weighted by Gasteiger charge is 2.22. The number of nitrogens with zero attached hydrogens (tertiary/aromatic N) is 4. The summed E-state index contributed by atoms with van der Waals surface area (Å²) in [7, 11) is 0. The maximum atomic E-state index is 9.72. The van der Waals surface area contributed by atoms with E-state index in [2.05, 4.69) is 0 Å². The molecule has 0 saturated carbocycles. The lowest BCUT2D eigenvalue weighted by Crippen LogP contribution is -2.04. The Morgan fingerprint density at radius 3 is 1.95 bits per heavy atom. The fourth-order valence-corrected chi connectivity index (χ4v) is 7.23. The minimum Gasteiger partial charge on any atom is -0.455 e. The Labute approximate surface area is 339 Å². The lowest BCUT2D eigenvalue weighted by atomic mass is 10.0. The number of hydrogen-bond donors (Lipinski definition) is 0. The van der Waals surface area contributed by atoms with Crippen molar-refractivity contribution < 1.29 is 20.9 Å². The molecule has 262 valence electrons. The van der Waals surface area contributed by atoms with E-state index >= 15 is 0 Å². The molecule has 0 bridgehead atoms. The third-order valence-corrected chi connectivity index (χ3v) is 9.81. The van der Waals surface area contributed by atoms with Gasteiger partial charge in [-0.25, -0.2) is 15.0 Å². The molecule has 0 atom stereocenters. The van der Waals surface area contributed by atoms with E-state index in [-0.39, 0.29) is 39.1 Å². The number of fused-ring (bicyclic) bond motifs is 6. The maximum Gasteiger partial charge on any atom is 0.167 e. The number of rotatable bonds is 6. The Morgan fingerprint density at radius 1 is 0.429 bits per heavy atom. The molecular formula is C51H32N4O. The summed E-state index contributed by atoms with van der Waals surface area (Å²) in [5, 5.41) is 1.38. The first kappa shape index (κ1) is 21.9. The van der Waals surface area contributed by atoms with Crippen LogP contribution < -0.4 is 0 Å². The molecule has 11 aromatic rings. The van der Waals surface area contributed by atoms with Crippen molar-refractivity contribution in [2.45, 2.75) is 0 Å². The zero-order valence-electron chi connectivity index (χ0n) is 41.2. The molecule has 0 aliphatic heterocycles. The molecule has 0 amide bonds. The van der Waals surface area contributed by atoms with Gasteiger partial charge in [0.25, 0.3) is 0 Å². The van der Waals surface area contributed by atoms with Gasteiger partial charge in [0, 0.05) is 32.7 Å². The van der Waals surface area contributed by atoms with Crippen molar-refractivity contribution >= 4 is 43.7 Å². The summed E-state index contributed by atoms with van der Waals surface area (Å²) >= 11 is 0. The van der Waals surface area contributed by atoms with Gasteiger partial charge >= 0.3 is 0 Å². The van der Waals surface area contributed by atoms with E-state index in [1.807, 2.05) is 109 Å². The Bertz CT molecular complexity index is 3920. The van der Waals surface area contributed by atoms with Crippen molar-refractivity contribution in [1.82, 2.24) is 19.5 Å². The van der Waals surface area contributed by atoms with Crippen LogP contribution in [-0.4, -0.2) is 19.5 Å². The van der Waals surface area contributed by atoms with Gasteiger partial charge in [0.15, 0.2) is 17.5 Å². The van der Waals surface area contributed by atoms with E-state index in [1.165, 1.54) is 4.57 Å². The predicted octanol–water partition coefficient (Wildman–Crippen LogP) is 13.2. The second-order valence-corrected chi connectivity index (χ2v) is 13.1. The summed E-state index contributed by atoms with van der Waals surface area (Å²) in [4.78, 5) is 15.2. The Morgan fingerprint density at radius 2 is 1.11 bits per heavy atom. The van der Waals surface area contributed by atoms with Crippen LogP contribution in [0.2, 0.25) is 0 Å². The van der Waals surface area contributed by atoms with E-state index in [1.54, 1.807) is 12.1 Å². The summed E-state index contributed by atoms with van der Waals surface area (Å²) in [6.07, 6.45) is 0. The molecule has 0 radical (unpaired) electrons. The number of hydrogen-bond acceptors (Lipinski definition) is 4. The molecular weight excluding hydrogens is 685 g/mol. The monoisotopic (exact) mass is 728 g/mol. The van der Waals surface area contributed by atoms with Gasteiger partial charge in [-0.15, -0.1) is 0 Å². The highest BCUT2D eigenvalue weighted by atomic mass is 16.3. The number of para-hydroxylation sites is 3. The van der Waals surface area contributed by atoms with Gasteiger partial charge in [-0.2, -0.15) is 0 Å². The first-order chi connectivity index (χ1) is 32.8. The van der Waals surface area contributed by atoms with Crippen LogP contribution >= 0.6 is 0 Å². The highest BCUT2D eigenvalue weighted by Crippen LogP contribution is 2.40. The van der Waals surface area contributed by atoms with Crippen LogP contribution in [0.3, 0.4) is 0 Å². The van der Waals surface area contributed by atoms with E-state index in [9.17, 15) is 6.85 Å². The van der Waals surface area contributed by atoms with Gasteiger partial charge in [0.1, 0.15) is 11.2 Å². The van der Waals surface area contributed by atoms with Gasteiger partial charge < -0.3 is 8.98 Å². The molecule has 0 aliphatic rings. The fraction of sp³-hybridized carbons (Fsp3) is 0. The molecule has 0 unspecified atom stereocenters. The zero-order valence-corrected chi connectivity index (χ0v) is 29.2. The first-order valence-corrected chi connectivity index (χ1v) is 17.8. The average molecular weight is 729 g/mol. The Kier molecular flexibility index (Phi) is 5.10. The summed E-state index contributed by atoms with van der Waals surface area (Å²) in [6.45, 7) is 0. The maximum absolute atomic E-state index is 9.72. The third-order valence-electron chi connectivity index (χ3n) is 9.81. The van der Waals surface area contributed by atoms with Crippen molar-refractivity contribution in [2.24, 2.45) is 0 Å². The molecule has 0 N–H and O–H groups in total. The van der Waals surface area contributed by atoms with E-state index in [4.69, 9.17) is 29.0 Å². The predicted molar refractivity (Wildman–Crippen MR) is 229 cm³/mol. The summed E-state index contributed by atoms with van der Waals surface area (Å²) < 4.78 is 116. The topological polar surface area (TPSA) is 56.7 Å². The van der Waals surface area contributed by atoms with Crippen molar-refractivity contribution in [3.05, 3.63) is 194 Å². The highest BCUT2D eigenvalue weighted by molar-refractivity contribution is 6.11. The average Bonchev–Trinajstić information content (AvgIpc) is 3.94. The number of aromatic nitrogens is 4. The summed E-state index contributed by atoms with van der Waals surface area (Å²) in [6, 6.07) is 30.0. The SMILES string of the molecule is [2H]c1c([2H])c([2H])c(-c2c([2H])c([2H])c3c(c2[2H])c2c([2H])c([2H])c([2H])c([2H])c2n3-c2ccc(-c3ccccc3)cc2-c2nc(-c3ccccc3)nc(-c3cccc4c3oc3ccccc34)n2)c([2H])c1[2H]. The summed E-state index contributed by atoms with van der Waals surface area (Å²) in [5.41, 5.74) is 3.28. The third kappa shape index (κ3) is 5.29. The largest absolute Gasteiger partial charge is 0.455 e. The Hall–Kier alpha value is -7.63. The fourth-order valence-electron chi connectivity index (χ4n) is 7.23. The van der Waals surface area contributed by atoms with Crippen molar-refractivity contribution in [3.63, 3.8) is 0 Å². The molecule has 56 heavy (non-hydrogen) atoms. The van der Waals surface area contributed by atoms with Crippen molar-refractivity contribution in [2.75, 3.05) is 0 Å². The molecule has 0 saturated heterocycles. The lowest BCUT2D eigenvalue weighted by molar-refractivity contribution is 0.669. The number of benzene rings is 8. The quantitative estimate of drug-likeness (QED) is 0.171. The molecule has 5 nitrogen and oxygen atoms in total. The molecule has 0 aliphatic carbocycles. The van der Waals surface area contributed by atoms with Gasteiger partial charge in [-0.3, -0.25) is 0 Å². The molecule has 5 heteroatoms. The number of furan rings is 1. The van der Waals surface area contributed by atoms with Crippen LogP contribution in [0.5, 0.6) is 0 Å². The van der Waals surface area contributed by atoms with Crippen LogP contribution in [0.15, 0.2) is 198 Å². The standard InChI is InChI=1S/C51H32N4O/c1-4-15-33(16-5-1)36-27-29-45-42(31-36)38-21-10-12-25-44(38)55(45)46-30-28-37(34-17-6-2-7-18-34)32-43(46)51-53-49(35-19-8-3-9-20-35)52-50(54-51)41-24-14-23-40-39-22-11-13-26-47(39)56-48(40)41/h1-32H/i1D,4D,5D,10D,12D,15D,16D,21D,25D,27D,29D,31D. The van der Waals surface area contributed by atoms with Crippen LogP contribution in [0, 0.1) is 0 Å². The first-order valence-electron chi connectivity index (χ1n) is 23.8. The van der Waals surface area contributed by atoms with E-state index < -0.39 is 83.6 Å².